The zero-order valence-corrected chi connectivity index (χ0v) is 31.7. The van der Waals surface area contributed by atoms with E-state index in [9.17, 15) is 28.8 Å². The van der Waals surface area contributed by atoms with Crippen molar-refractivity contribution in [1.82, 2.24) is 19.6 Å². The molecule has 2 atom stereocenters. The predicted molar refractivity (Wildman–Crippen MR) is 197 cm³/mol. The van der Waals surface area contributed by atoms with Gasteiger partial charge >= 0.3 is 0 Å². The minimum Gasteiger partial charge on any atom is -0.377 e. The van der Waals surface area contributed by atoms with Crippen molar-refractivity contribution in [3.63, 3.8) is 0 Å². The smallest absolute Gasteiger partial charge is 0.262 e. The maximum atomic E-state index is 14.1. The molecule has 1 fully saturated rings. The second-order valence-corrected chi connectivity index (χ2v) is 14.4. The number of benzene rings is 2. The van der Waals surface area contributed by atoms with Gasteiger partial charge in [0.05, 0.1) is 75.1 Å². The van der Waals surface area contributed by atoms with Gasteiger partial charge in [-0.2, -0.15) is 0 Å². The van der Waals surface area contributed by atoms with E-state index in [1.165, 1.54) is 0 Å². The number of hydrogen-bond donors (Lipinski definition) is 0. The quantitative estimate of drug-likeness (QED) is 0.369. The molecule has 0 saturated carbocycles. The fourth-order valence-corrected chi connectivity index (χ4v) is 6.94. The largest absolute Gasteiger partial charge is 0.377 e. The summed E-state index contributed by atoms with van der Waals surface area (Å²) < 4.78 is 23.3. The first-order valence-corrected chi connectivity index (χ1v) is 18.8. The standard InChI is InChI=1S/C40H52N4O10/c1-27(2)25-33(43-35(45)29-9-5-6-10-30(29)36(43)46)39(49)41-13-17-51-21-23-53-19-15-42(16-20-54-24-22-52-18-14-41)40(50)34(26-28(3)4)44-37(47)31-11-7-8-12-32(31)38(44)48/h5-12,27-28,33-34H,13-26H2,1-4H3/t33-,34+. The highest BCUT2D eigenvalue weighted by Gasteiger charge is 2.45. The summed E-state index contributed by atoms with van der Waals surface area (Å²) in [4.78, 5) is 87.1. The van der Waals surface area contributed by atoms with Crippen LogP contribution in [0.15, 0.2) is 48.5 Å². The molecule has 0 aromatic heterocycles. The first-order chi connectivity index (χ1) is 26.0. The molecule has 0 radical (unpaired) electrons. The zero-order valence-electron chi connectivity index (χ0n) is 31.7. The van der Waals surface area contributed by atoms with E-state index in [-0.39, 0.29) is 103 Å². The Morgan fingerprint density at radius 1 is 0.481 bits per heavy atom. The fourth-order valence-electron chi connectivity index (χ4n) is 6.94. The van der Waals surface area contributed by atoms with Crippen LogP contribution >= 0.6 is 0 Å². The Kier molecular flexibility index (Phi) is 14.5. The summed E-state index contributed by atoms with van der Waals surface area (Å²) in [6.07, 6.45) is 0.612. The van der Waals surface area contributed by atoms with Crippen molar-refractivity contribution in [2.24, 2.45) is 11.8 Å². The van der Waals surface area contributed by atoms with E-state index in [2.05, 4.69) is 0 Å². The fraction of sp³-hybridized carbons (Fsp3) is 0.550. The van der Waals surface area contributed by atoms with Crippen molar-refractivity contribution in [2.45, 2.75) is 52.6 Å². The summed E-state index contributed by atoms with van der Waals surface area (Å²) in [6.45, 7) is 10.2. The van der Waals surface area contributed by atoms with Gasteiger partial charge in [0.2, 0.25) is 11.8 Å². The number of carbonyl (C=O) groups is 6. The average Bonchev–Trinajstić information content (AvgIpc) is 3.55. The molecule has 2 aromatic rings. The minimum atomic E-state index is -0.982. The molecule has 14 heteroatoms. The van der Waals surface area contributed by atoms with Crippen LogP contribution in [0, 0.1) is 11.8 Å². The van der Waals surface area contributed by atoms with E-state index in [1.807, 2.05) is 27.7 Å². The van der Waals surface area contributed by atoms with Crippen molar-refractivity contribution in [1.29, 1.82) is 0 Å². The van der Waals surface area contributed by atoms with E-state index in [0.29, 0.717) is 35.1 Å². The van der Waals surface area contributed by atoms with Gasteiger partial charge in [-0.25, -0.2) is 0 Å². The molecule has 1 saturated heterocycles. The number of carbonyl (C=O) groups excluding carboxylic acids is 6. The second-order valence-electron chi connectivity index (χ2n) is 14.4. The summed E-state index contributed by atoms with van der Waals surface area (Å²) in [6, 6.07) is 11.2. The third-order valence-electron chi connectivity index (χ3n) is 9.62. The van der Waals surface area contributed by atoms with Gasteiger partial charge in [-0.05, 0) is 48.9 Å². The SMILES string of the molecule is CC(C)C[C@H](C(=O)N1CCOCCOCCN(C(=O)[C@H](CC(C)C)N2C(=O)c3ccccc3C2=O)CCOCCOCC1)N1C(=O)c2ccccc2C1=O. The number of amides is 6. The van der Waals surface area contributed by atoms with Crippen molar-refractivity contribution >= 4 is 35.4 Å². The molecule has 54 heavy (non-hydrogen) atoms. The highest BCUT2D eigenvalue weighted by molar-refractivity contribution is 6.23. The molecule has 3 heterocycles. The molecule has 6 amide bonds. The predicted octanol–water partition coefficient (Wildman–Crippen LogP) is 3.15. The monoisotopic (exact) mass is 748 g/mol. The van der Waals surface area contributed by atoms with Gasteiger partial charge in [-0.1, -0.05) is 52.0 Å². The van der Waals surface area contributed by atoms with Crippen LogP contribution < -0.4 is 0 Å². The molecule has 0 spiro atoms. The van der Waals surface area contributed by atoms with Crippen LogP contribution in [0.1, 0.15) is 82.0 Å². The molecule has 5 rings (SSSR count). The molecule has 2 aromatic carbocycles. The van der Waals surface area contributed by atoms with Gasteiger partial charge in [0, 0.05) is 26.2 Å². The van der Waals surface area contributed by atoms with Gasteiger partial charge in [-0.15, -0.1) is 0 Å². The maximum Gasteiger partial charge on any atom is 0.262 e. The van der Waals surface area contributed by atoms with Crippen molar-refractivity contribution in [3.8, 4) is 0 Å². The van der Waals surface area contributed by atoms with Crippen molar-refractivity contribution < 1.29 is 47.7 Å². The number of imide groups is 2. The van der Waals surface area contributed by atoms with Gasteiger partial charge in [-0.3, -0.25) is 38.6 Å². The van der Waals surface area contributed by atoms with Crippen LogP contribution in [0.2, 0.25) is 0 Å². The van der Waals surface area contributed by atoms with Crippen molar-refractivity contribution in [3.05, 3.63) is 70.8 Å². The van der Waals surface area contributed by atoms with E-state index < -0.39 is 35.7 Å². The second kappa shape index (κ2) is 19.2. The first-order valence-electron chi connectivity index (χ1n) is 18.8. The van der Waals surface area contributed by atoms with E-state index in [0.717, 1.165) is 9.80 Å². The number of fused-ring (bicyclic) bond motifs is 2. The number of ether oxygens (including phenoxy) is 4. The molecule has 0 unspecified atom stereocenters. The molecule has 0 N–H and O–H groups in total. The number of hydrogen-bond acceptors (Lipinski definition) is 10. The van der Waals surface area contributed by atoms with Crippen LogP contribution in [0.25, 0.3) is 0 Å². The molecule has 14 nitrogen and oxygen atoms in total. The van der Waals surface area contributed by atoms with E-state index >= 15 is 0 Å². The topological polar surface area (TPSA) is 152 Å². The summed E-state index contributed by atoms with van der Waals surface area (Å²) in [5, 5.41) is 0. The minimum absolute atomic E-state index is 0.0279. The lowest BCUT2D eigenvalue weighted by Gasteiger charge is -2.33. The normalized spacial score (nSPS) is 19.5. The van der Waals surface area contributed by atoms with Gasteiger partial charge in [0.1, 0.15) is 12.1 Å². The Balaban J connectivity index is 1.20. The Bertz CT molecular complexity index is 1470. The molecule has 3 aliphatic heterocycles. The molecular weight excluding hydrogens is 696 g/mol. The highest BCUT2D eigenvalue weighted by Crippen LogP contribution is 2.29. The van der Waals surface area contributed by atoms with Crippen molar-refractivity contribution in [2.75, 3.05) is 79.0 Å². The zero-order chi connectivity index (χ0) is 38.8. The third kappa shape index (κ3) is 9.59. The average molecular weight is 749 g/mol. The van der Waals surface area contributed by atoms with Crippen LogP contribution in [-0.2, 0) is 28.5 Å². The Labute approximate surface area is 316 Å². The lowest BCUT2D eigenvalue weighted by molar-refractivity contribution is -0.139. The number of rotatable bonds is 8. The van der Waals surface area contributed by atoms with Gasteiger partial charge in [0.25, 0.3) is 23.6 Å². The molecule has 0 bridgehead atoms. The van der Waals surface area contributed by atoms with E-state index in [1.54, 1.807) is 58.3 Å². The van der Waals surface area contributed by atoms with Crippen LogP contribution in [-0.4, -0.2) is 146 Å². The van der Waals surface area contributed by atoms with E-state index in [4.69, 9.17) is 18.9 Å². The summed E-state index contributed by atoms with van der Waals surface area (Å²) in [5.74, 6) is -2.55. The van der Waals surface area contributed by atoms with Gasteiger partial charge < -0.3 is 28.7 Å². The third-order valence-corrected chi connectivity index (χ3v) is 9.62. The summed E-state index contributed by atoms with van der Waals surface area (Å²) in [7, 11) is 0. The van der Waals surface area contributed by atoms with Gasteiger partial charge in [0.15, 0.2) is 0 Å². The number of nitrogens with zero attached hydrogens (tertiary/aromatic N) is 4. The first kappa shape index (κ1) is 40.7. The van der Waals surface area contributed by atoms with Crippen LogP contribution in [0.3, 0.4) is 0 Å². The molecule has 3 aliphatic rings. The summed E-state index contributed by atoms with van der Waals surface area (Å²) >= 11 is 0. The lowest BCUT2D eigenvalue weighted by Crippen LogP contribution is -2.53. The molecule has 0 aliphatic carbocycles. The Hall–Kier alpha value is -4.50. The van der Waals surface area contributed by atoms with Crippen LogP contribution in [0.4, 0.5) is 0 Å². The Morgan fingerprint density at radius 3 is 0.981 bits per heavy atom. The lowest BCUT2D eigenvalue weighted by atomic mass is 10.0. The van der Waals surface area contributed by atoms with Crippen LogP contribution in [0.5, 0.6) is 0 Å². The molecular formula is C40H52N4O10. The Morgan fingerprint density at radius 2 is 0.741 bits per heavy atom. The highest BCUT2D eigenvalue weighted by atomic mass is 16.5. The maximum absolute atomic E-state index is 14.1. The summed E-state index contributed by atoms with van der Waals surface area (Å²) in [5.41, 5.74) is 1.17. The molecule has 292 valence electrons.